The molecule has 0 bridgehead atoms. The Morgan fingerprint density at radius 3 is 2.50 bits per heavy atom. The highest BCUT2D eigenvalue weighted by atomic mass is 16.5. The van der Waals surface area contributed by atoms with E-state index in [4.69, 9.17) is 10.5 Å². The van der Waals surface area contributed by atoms with Gasteiger partial charge in [0.15, 0.2) is 0 Å². The predicted octanol–water partition coefficient (Wildman–Crippen LogP) is 2.25. The molecule has 2 saturated carbocycles. The Kier molecular flexibility index (Phi) is 5.46. The van der Waals surface area contributed by atoms with Gasteiger partial charge >= 0.3 is 0 Å². The van der Waals surface area contributed by atoms with Gasteiger partial charge in [-0.1, -0.05) is 19.8 Å². The molecule has 18 heavy (non-hydrogen) atoms. The largest absolute Gasteiger partial charge is 0.383 e. The number of nitrogens with two attached hydrogens (primary N) is 1. The quantitative estimate of drug-likeness (QED) is 0.757. The molecule has 3 heteroatoms. The van der Waals surface area contributed by atoms with E-state index in [-0.39, 0.29) is 0 Å². The lowest BCUT2D eigenvalue weighted by atomic mass is 9.82. The van der Waals surface area contributed by atoms with E-state index in [0.29, 0.717) is 18.0 Å². The molecule has 2 rings (SSSR count). The number of nitrogens with zero attached hydrogens (tertiary/aromatic N) is 1. The highest BCUT2D eigenvalue weighted by Crippen LogP contribution is 2.39. The second-order valence-corrected chi connectivity index (χ2v) is 6.04. The van der Waals surface area contributed by atoms with Gasteiger partial charge in [-0.3, -0.25) is 4.90 Å². The molecule has 0 heterocycles. The number of likely N-dealkylation sites (N-methyl/N-ethyl adjacent to an activating group) is 1. The van der Waals surface area contributed by atoms with E-state index >= 15 is 0 Å². The maximum atomic E-state index is 5.99. The molecule has 0 aliphatic heterocycles. The zero-order valence-corrected chi connectivity index (χ0v) is 12.1. The lowest BCUT2D eigenvalue weighted by Gasteiger charge is -2.43. The zero-order valence-electron chi connectivity index (χ0n) is 12.1. The minimum Gasteiger partial charge on any atom is -0.383 e. The molecule has 0 aromatic heterocycles. The molecular weight excluding hydrogens is 224 g/mol. The zero-order chi connectivity index (χ0) is 13.0. The van der Waals surface area contributed by atoms with Gasteiger partial charge in [-0.15, -0.1) is 0 Å². The molecule has 2 N–H and O–H groups in total. The third kappa shape index (κ3) is 3.25. The Morgan fingerprint density at radius 2 is 1.94 bits per heavy atom. The Labute approximate surface area is 112 Å². The normalized spacial score (nSPS) is 30.7. The molecule has 0 saturated heterocycles. The van der Waals surface area contributed by atoms with Gasteiger partial charge in [-0.25, -0.2) is 0 Å². The van der Waals surface area contributed by atoms with Crippen molar-refractivity contribution in [3.8, 4) is 0 Å². The van der Waals surface area contributed by atoms with Gasteiger partial charge in [0, 0.05) is 19.2 Å². The van der Waals surface area contributed by atoms with Gasteiger partial charge in [0.05, 0.1) is 6.61 Å². The van der Waals surface area contributed by atoms with E-state index in [0.717, 1.165) is 25.6 Å². The van der Waals surface area contributed by atoms with E-state index in [1.807, 2.05) is 7.11 Å². The molecule has 3 unspecified atom stereocenters. The highest BCUT2D eigenvalue weighted by Gasteiger charge is 2.39. The summed E-state index contributed by atoms with van der Waals surface area (Å²) < 4.78 is 5.47. The lowest BCUT2D eigenvalue weighted by molar-refractivity contribution is 0.0187. The number of hydrogen-bond acceptors (Lipinski definition) is 3. The summed E-state index contributed by atoms with van der Waals surface area (Å²) in [7, 11) is 1.84. The van der Waals surface area contributed by atoms with Crippen molar-refractivity contribution in [3.63, 3.8) is 0 Å². The summed E-state index contributed by atoms with van der Waals surface area (Å²) in [4.78, 5) is 2.72. The Bertz CT molecular complexity index is 243. The molecule has 3 nitrogen and oxygen atoms in total. The topological polar surface area (TPSA) is 38.5 Å². The number of hydrogen-bond donors (Lipinski definition) is 1. The SMILES string of the molecule is CCN(C1CCCCC1CN)C(COC)C1CC1. The number of rotatable bonds is 7. The van der Waals surface area contributed by atoms with Gasteiger partial charge in [-0.2, -0.15) is 0 Å². The number of ether oxygens (including phenoxy) is 1. The lowest BCUT2D eigenvalue weighted by Crippen LogP contribution is -2.52. The maximum Gasteiger partial charge on any atom is 0.0620 e. The average molecular weight is 254 g/mol. The van der Waals surface area contributed by atoms with E-state index < -0.39 is 0 Å². The summed E-state index contributed by atoms with van der Waals surface area (Å²) in [6, 6.07) is 1.34. The minimum absolute atomic E-state index is 0.636. The molecule has 2 fully saturated rings. The van der Waals surface area contributed by atoms with E-state index in [1.165, 1.54) is 38.5 Å². The van der Waals surface area contributed by atoms with Crippen LogP contribution in [0.1, 0.15) is 45.4 Å². The van der Waals surface area contributed by atoms with Crippen LogP contribution in [0.4, 0.5) is 0 Å². The minimum atomic E-state index is 0.636. The molecule has 0 spiro atoms. The summed E-state index contributed by atoms with van der Waals surface area (Å²) in [5, 5.41) is 0. The van der Waals surface area contributed by atoms with Crippen LogP contribution in [-0.4, -0.2) is 43.8 Å². The summed E-state index contributed by atoms with van der Waals surface area (Å²) in [5.74, 6) is 1.59. The van der Waals surface area contributed by atoms with Crippen LogP contribution in [0, 0.1) is 11.8 Å². The summed E-state index contributed by atoms with van der Waals surface area (Å²) in [6.45, 7) is 5.19. The molecule has 0 radical (unpaired) electrons. The average Bonchev–Trinajstić information content (AvgIpc) is 3.23. The fourth-order valence-corrected chi connectivity index (χ4v) is 3.77. The van der Waals surface area contributed by atoms with Gasteiger partial charge in [-0.05, 0) is 50.6 Å². The molecule has 2 aliphatic carbocycles. The second-order valence-electron chi connectivity index (χ2n) is 6.04. The van der Waals surface area contributed by atoms with Crippen LogP contribution in [0.5, 0.6) is 0 Å². The first-order chi connectivity index (χ1) is 8.81. The van der Waals surface area contributed by atoms with E-state index in [2.05, 4.69) is 11.8 Å². The standard InChI is InChI=1S/C15H30N2O/c1-3-17(15(11-18-2)12-8-9-12)14-7-5-4-6-13(14)10-16/h12-15H,3-11,16H2,1-2H3. The van der Waals surface area contributed by atoms with Gasteiger partial charge in [0.2, 0.25) is 0 Å². The smallest absolute Gasteiger partial charge is 0.0620 e. The second kappa shape index (κ2) is 6.88. The molecular formula is C15H30N2O. The van der Waals surface area contributed by atoms with Gasteiger partial charge in [0.1, 0.15) is 0 Å². The van der Waals surface area contributed by atoms with Crippen LogP contribution in [0.3, 0.4) is 0 Å². The van der Waals surface area contributed by atoms with Crippen molar-refractivity contribution in [2.75, 3.05) is 26.8 Å². The fourth-order valence-electron chi connectivity index (χ4n) is 3.77. The van der Waals surface area contributed by atoms with Crippen molar-refractivity contribution < 1.29 is 4.74 Å². The van der Waals surface area contributed by atoms with Crippen molar-refractivity contribution in [1.82, 2.24) is 4.90 Å². The molecule has 106 valence electrons. The Balaban J connectivity index is 2.04. The fraction of sp³-hybridized carbons (Fsp3) is 1.00. The summed E-state index contributed by atoms with van der Waals surface area (Å²) >= 11 is 0. The third-order valence-corrected chi connectivity index (χ3v) is 4.89. The molecule has 2 aliphatic rings. The Morgan fingerprint density at radius 1 is 1.22 bits per heavy atom. The molecule has 3 atom stereocenters. The monoisotopic (exact) mass is 254 g/mol. The molecule has 0 aromatic rings. The van der Waals surface area contributed by atoms with Crippen LogP contribution >= 0.6 is 0 Å². The Hall–Kier alpha value is -0.120. The molecule has 0 aromatic carbocycles. The third-order valence-electron chi connectivity index (χ3n) is 4.89. The van der Waals surface area contributed by atoms with Crippen molar-refractivity contribution in [3.05, 3.63) is 0 Å². The van der Waals surface area contributed by atoms with Crippen LogP contribution in [0.15, 0.2) is 0 Å². The van der Waals surface area contributed by atoms with Crippen LogP contribution in [0.25, 0.3) is 0 Å². The van der Waals surface area contributed by atoms with E-state index in [9.17, 15) is 0 Å². The predicted molar refractivity (Wildman–Crippen MR) is 75.6 cm³/mol. The number of methoxy groups -OCH3 is 1. The van der Waals surface area contributed by atoms with Crippen molar-refractivity contribution >= 4 is 0 Å². The van der Waals surface area contributed by atoms with E-state index in [1.54, 1.807) is 0 Å². The van der Waals surface area contributed by atoms with Crippen molar-refractivity contribution in [2.24, 2.45) is 17.6 Å². The highest BCUT2D eigenvalue weighted by molar-refractivity contribution is 4.93. The van der Waals surface area contributed by atoms with Gasteiger partial charge in [0.25, 0.3) is 0 Å². The van der Waals surface area contributed by atoms with Gasteiger partial charge < -0.3 is 10.5 Å². The van der Waals surface area contributed by atoms with Crippen LogP contribution < -0.4 is 5.73 Å². The van der Waals surface area contributed by atoms with Crippen molar-refractivity contribution in [1.29, 1.82) is 0 Å². The summed E-state index contributed by atoms with van der Waals surface area (Å²) in [6.07, 6.45) is 8.19. The summed E-state index contributed by atoms with van der Waals surface area (Å²) in [5.41, 5.74) is 5.99. The van der Waals surface area contributed by atoms with Crippen LogP contribution in [-0.2, 0) is 4.74 Å². The van der Waals surface area contributed by atoms with Crippen LogP contribution in [0.2, 0.25) is 0 Å². The first kappa shape index (κ1) is 14.3. The molecule has 0 amide bonds. The van der Waals surface area contributed by atoms with Crippen molar-refractivity contribution in [2.45, 2.75) is 57.5 Å². The maximum absolute atomic E-state index is 5.99. The first-order valence-electron chi connectivity index (χ1n) is 7.76. The first-order valence-corrected chi connectivity index (χ1v) is 7.76.